The predicted octanol–water partition coefficient (Wildman–Crippen LogP) is 3.34. The molecule has 0 aliphatic carbocycles. The Morgan fingerprint density at radius 2 is 2.21 bits per heavy atom. The van der Waals surface area contributed by atoms with Crippen LogP contribution in [0.2, 0.25) is 0 Å². The van der Waals surface area contributed by atoms with Gasteiger partial charge in [0, 0.05) is 30.2 Å². The molecule has 1 N–H and O–H groups in total. The van der Waals surface area contributed by atoms with E-state index in [1.165, 1.54) is 11.3 Å². The molecule has 1 aliphatic heterocycles. The molecule has 1 aliphatic rings. The third-order valence-electron chi connectivity index (χ3n) is 3.35. The van der Waals surface area contributed by atoms with Crippen molar-refractivity contribution in [2.75, 3.05) is 11.4 Å². The van der Waals surface area contributed by atoms with Crippen LogP contribution >= 0.6 is 11.3 Å². The van der Waals surface area contributed by atoms with Gasteiger partial charge in [0.25, 0.3) is 0 Å². The van der Waals surface area contributed by atoms with Crippen molar-refractivity contribution in [3.8, 4) is 0 Å². The fraction of sp³-hybridized carbons (Fsp3) is 0.400. The molecule has 1 aromatic heterocycles. The number of benzene rings is 1. The summed E-state index contributed by atoms with van der Waals surface area (Å²) in [6.45, 7) is 6.21. The maximum Gasteiger partial charge on any atom is 0.190 e. The molecule has 0 spiro atoms. The van der Waals surface area contributed by atoms with Crippen molar-refractivity contribution in [1.82, 2.24) is 10.3 Å². The quantitative estimate of drug-likeness (QED) is 0.926. The Hall–Kier alpha value is -1.39. The fourth-order valence-corrected chi connectivity index (χ4v) is 3.21. The molecule has 4 heteroatoms. The van der Waals surface area contributed by atoms with E-state index in [0.717, 1.165) is 30.3 Å². The van der Waals surface area contributed by atoms with Gasteiger partial charge in [-0.05, 0) is 18.1 Å². The summed E-state index contributed by atoms with van der Waals surface area (Å²) in [7, 11) is 0. The van der Waals surface area contributed by atoms with Crippen LogP contribution in [0.1, 0.15) is 25.1 Å². The summed E-state index contributed by atoms with van der Waals surface area (Å²) >= 11 is 1.74. The lowest BCUT2D eigenvalue weighted by molar-refractivity contribution is 0.583. The number of para-hydroxylation sites is 1. The van der Waals surface area contributed by atoms with Gasteiger partial charge in [0.05, 0.1) is 5.69 Å². The molecule has 100 valence electrons. The Morgan fingerprint density at radius 3 is 3.05 bits per heavy atom. The van der Waals surface area contributed by atoms with Crippen LogP contribution in [-0.4, -0.2) is 17.6 Å². The molecule has 0 radical (unpaired) electrons. The molecule has 0 atom stereocenters. The molecule has 0 saturated carbocycles. The minimum atomic E-state index is 0.498. The maximum atomic E-state index is 4.75. The highest BCUT2D eigenvalue weighted by Crippen LogP contribution is 2.35. The summed E-state index contributed by atoms with van der Waals surface area (Å²) in [5, 5.41) is 6.69. The van der Waals surface area contributed by atoms with Gasteiger partial charge in [-0.3, -0.25) is 0 Å². The minimum absolute atomic E-state index is 0.498. The summed E-state index contributed by atoms with van der Waals surface area (Å²) in [6, 6.07) is 9.12. The molecule has 0 fully saturated rings. The van der Waals surface area contributed by atoms with Crippen LogP contribution < -0.4 is 10.2 Å². The molecular formula is C15H19N3S. The van der Waals surface area contributed by atoms with E-state index in [-0.39, 0.29) is 0 Å². The highest BCUT2D eigenvalue weighted by Gasteiger charge is 2.21. The number of rotatable bonds is 4. The van der Waals surface area contributed by atoms with Gasteiger partial charge in [-0.2, -0.15) is 0 Å². The number of nitrogens with zero attached hydrogens (tertiary/aromatic N) is 2. The van der Waals surface area contributed by atoms with Gasteiger partial charge in [0.1, 0.15) is 0 Å². The first-order valence-corrected chi connectivity index (χ1v) is 7.65. The van der Waals surface area contributed by atoms with E-state index >= 15 is 0 Å². The number of hydrogen-bond donors (Lipinski definition) is 1. The van der Waals surface area contributed by atoms with E-state index in [1.54, 1.807) is 11.3 Å². The minimum Gasteiger partial charge on any atom is -0.317 e. The second-order valence-corrected chi connectivity index (χ2v) is 6.02. The zero-order valence-electron chi connectivity index (χ0n) is 11.4. The molecule has 19 heavy (non-hydrogen) atoms. The molecule has 0 bridgehead atoms. The van der Waals surface area contributed by atoms with Gasteiger partial charge in [-0.1, -0.05) is 32.0 Å². The topological polar surface area (TPSA) is 28.2 Å². The Balaban J connectivity index is 1.77. The van der Waals surface area contributed by atoms with E-state index in [9.17, 15) is 0 Å². The maximum absolute atomic E-state index is 4.75. The summed E-state index contributed by atoms with van der Waals surface area (Å²) in [5.74, 6) is 0. The summed E-state index contributed by atoms with van der Waals surface area (Å²) < 4.78 is 0. The number of thiazole rings is 1. The SMILES string of the molecule is CC(C)NCc1csc(N2CCc3ccccc32)n1. The molecule has 1 aromatic carbocycles. The van der Waals surface area contributed by atoms with E-state index < -0.39 is 0 Å². The molecule has 0 unspecified atom stereocenters. The first kappa shape index (κ1) is 12.6. The smallest absolute Gasteiger partial charge is 0.190 e. The molecule has 0 amide bonds. The largest absolute Gasteiger partial charge is 0.317 e. The van der Waals surface area contributed by atoms with Gasteiger partial charge in [-0.25, -0.2) is 4.98 Å². The highest BCUT2D eigenvalue weighted by atomic mass is 32.1. The van der Waals surface area contributed by atoms with Crippen LogP contribution in [0.5, 0.6) is 0 Å². The van der Waals surface area contributed by atoms with Crippen molar-refractivity contribution < 1.29 is 0 Å². The first-order chi connectivity index (χ1) is 9.24. The molecule has 3 nitrogen and oxygen atoms in total. The van der Waals surface area contributed by atoms with Crippen molar-refractivity contribution in [3.05, 3.63) is 40.9 Å². The van der Waals surface area contributed by atoms with Gasteiger partial charge in [-0.15, -0.1) is 11.3 Å². The Labute approximate surface area is 118 Å². The molecule has 0 saturated heterocycles. The predicted molar refractivity (Wildman–Crippen MR) is 81.2 cm³/mol. The third-order valence-corrected chi connectivity index (χ3v) is 4.26. The first-order valence-electron chi connectivity index (χ1n) is 6.77. The molecule has 2 aromatic rings. The number of anilines is 2. The van der Waals surface area contributed by atoms with Gasteiger partial charge < -0.3 is 10.2 Å². The zero-order chi connectivity index (χ0) is 13.2. The van der Waals surface area contributed by atoms with Gasteiger partial charge in [0.2, 0.25) is 0 Å². The fourth-order valence-electron chi connectivity index (χ4n) is 2.35. The summed E-state index contributed by atoms with van der Waals surface area (Å²) in [6.07, 6.45) is 1.12. The van der Waals surface area contributed by atoms with Crippen LogP contribution in [0.4, 0.5) is 10.8 Å². The normalized spacial score (nSPS) is 14.2. The monoisotopic (exact) mass is 273 g/mol. The van der Waals surface area contributed by atoms with Gasteiger partial charge in [0.15, 0.2) is 5.13 Å². The second-order valence-electron chi connectivity index (χ2n) is 5.19. The van der Waals surface area contributed by atoms with Crippen LogP contribution in [-0.2, 0) is 13.0 Å². The van der Waals surface area contributed by atoms with Crippen LogP contribution in [0.3, 0.4) is 0 Å². The molecule has 2 heterocycles. The lowest BCUT2D eigenvalue weighted by Crippen LogP contribution is -2.22. The third kappa shape index (κ3) is 2.65. The van der Waals surface area contributed by atoms with Crippen LogP contribution in [0.15, 0.2) is 29.6 Å². The number of aromatic nitrogens is 1. The molecular weight excluding hydrogens is 254 g/mol. The lowest BCUT2D eigenvalue weighted by Gasteiger charge is -2.15. The van der Waals surface area contributed by atoms with E-state index in [4.69, 9.17) is 4.98 Å². The van der Waals surface area contributed by atoms with E-state index in [2.05, 4.69) is 53.7 Å². The zero-order valence-corrected chi connectivity index (χ0v) is 12.2. The van der Waals surface area contributed by atoms with Crippen molar-refractivity contribution in [2.24, 2.45) is 0 Å². The lowest BCUT2D eigenvalue weighted by atomic mass is 10.2. The Morgan fingerprint density at radius 1 is 1.37 bits per heavy atom. The van der Waals surface area contributed by atoms with Gasteiger partial charge >= 0.3 is 0 Å². The van der Waals surface area contributed by atoms with E-state index in [1.807, 2.05) is 0 Å². The average molecular weight is 273 g/mol. The number of nitrogens with one attached hydrogen (secondary N) is 1. The highest BCUT2D eigenvalue weighted by molar-refractivity contribution is 7.13. The summed E-state index contributed by atoms with van der Waals surface area (Å²) in [5.41, 5.74) is 3.89. The van der Waals surface area contributed by atoms with Crippen molar-refractivity contribution in [3.63, 3.8) is 0 Å². The summed E-state index contributed by atoms with van der Waals surface area (Å²) in [4.78, 5) is 7.08. The van der Waals surface area contributed by atoms with Crippen LogP contribution in [0.25, 0.3) is 0 Å². The second kappa shape index (κ2) is 5.31. The Bertz CT molecular complexity index is 562. The van der Waals surface area contributed by atoms with Crippen molar-refractivity contribution >= 4 is 22.2 Å². The molecule has 3 rings (SSSR count). The Kier molecular flexibility index (Phi) is 3.53. The van der Waals surface area contributed by atoms with E-state index in [0.29, 0.717) is 6.04 Å². The van der Waals surface area contributed by atoms with Crippen LogP contribution in [0, 0.1) is 0 Å². The number of hydrogen-bond acceptors (Lipinski definition) is 4. The standard InChI is InChI=1S/C15H19N3S/c1-11(2)16-9-13-10-19-15(17-13)18-8-7-12-5-3-4-6-14(12)18/h3-6,10-11,16H,7-9H2,1-2H3. The number of fused-ring (bicyclic) bond motifs is 1. The van der Waals surface area contributed by atoms with Crippen molar-refractivity contribution in [1.29, 1.82) is 0 Å². The van der Waals surface area contributed by atoms with Crippen molar-refractivity contribution in [2.45, 2.75) is 32.9 Å². The average Bonchev–Trinajstić information content (AvgIpc) is 3.02.